The van der Waals surface area contributed by atoms with Crippen molar-refractivity contribution in [1.29, 1.82) is 0 Å². The molecule has 0 amide bonds. The van der Waals surface area contributed by atoms with E-state index in [0.717, 1.165) is 5.56 Å². The van der Waals surface area contributed by atoms with Crippen molar-refractivity contribution in [2.24, 2.45) is 4.99 Å². The summed E-state index contributed by atoms with van der Waals surface area (Å²) >= 11 is 0. The van der Waals surface area contributed by atoms with Gasteiger partial charge in [0.25, 0.3) is 7.12 Å². The number of benzene rings is 1. The van der Waals surface area contributed by atoms with Crippen molar-refractivity contribution in [2.45, 2.75) is 4.90 Å². The molecule has 0 aliphatic carbocycles. The zero-order valence-electron chi connectivity index (χ0n) is 8.34. The summed E-state index contributed by atoms with van der Waals surface area (Å²) in [5.41, 5.74) is 1.49. The Hall–Kier alpha value is -1.36. The fourth-order valence-corrected chi connectivity index (χ4v) is 1.71. The van der Waals surface area contributed by atoms with E-state index in [0.29, 0.717) is 5.56 Å². The minimum Gasteiger partial charge on any atom is -0.296 e. The maximum absolute atomic E-state index is 11.1. The topological polar surface area (TPSA) is 46.5 Å². The quantitative estimate of drug-likeness (QED) is 0.567. The molecule has 1 aromatic rings. The van der Waals surface area contributed by atoms with Crippen LogP contribution in [0.3, 0.4) is 0 Å². The summed E-state index contributed by atoms with van der Waals surface area (Å²) in [5, 5.41) is 0. The van der Waals surface area contributed by atoms with Gasteiger partial charge >= 0.3 is 0 Å². The molecule has 0 bridgehead atoms. The molecule has 0 saturated carbocycles. The van der Waals surface area contributed by atoms with E-state index in [9.17, 15) is 8.42 Å². The van der Waals surface area contributed by atoms with E-state index in [-0.39, 0.29) is 4.90 Å². The SMILES string of the molecule is [B]S(=O)(=O)c1ccc(C=NC)c(C=C)c1. The summed E-state index contributed by atoms with van der Waals surface area (Å²) in [7, 11) is 2.99. The lowest BCUT2D eigenvalue weighted by molar-refractivity contribution is 0.609. The van der Waals surface area contributed by atoms with Gasteiger partial charge in [-0.1, -0.05) is 18.7 Å². The van der Waals surface area contributed by atoms with E-state index in [4.69, 9.17) is 7.12 Å². The number of nitrogens with zero attached hydrogens (tertiary/aromatic N) is 1. The van der Waals surface area contributed by atoms with Gasteiger partial charge in [0.1, 0.15) is 9.69 Å². The van der Waals surface area contributed by atoms with Gasteiger partial charge in [-0.25, -0.2) is 8.42 Å². The normalized spacial score (nSPS) is 11.8. The second-order valence-electron chi connectivity index (χ2n) is 2.93. The summed E-state index contributed by atoms with van der Waals surface area (Å²) in [6, 6.07) is 4.56. The molecule has 0 aliphatic rings. The molecular formula is C10H10BNO2S. The highest BCUT2D eigenvalue weighted by Crippen LogP contribution is 2.15. The van der Waals surface area contributed by atoms with Gasteiger partial charge < -0.3 is 0 Å². The molecule has 2 radical (unpaired) electrons. The smallest absolute Gasteiger partial charge is 0.262 e. The van der Waals surface area contributed by atoms with E-state index in [1.165, 1.54) is 12.1 Å². The van der Waals surface area contributed by atoms with Crippen LogP contribution in [0, 0.1) is 0 Å². The zero-order chi connectivity index (χ0) is 11.5. The van der Waals surface area contributed by atoms with Gasteiger partial charge in [-0.2, -0.15) is 0 Å². The summed E-state index contributed by atoms with van der Waals surface area (Å²) < 4.78 is 22.2. The van der Waals surface area contributed by atoms with Crippen LogP contribution in [0.25, 0.3) is 6.08 Å². The number of hydrogen-bond acceptors (Lipinski definition) is 3. The molecule has 76 valence electrons. The molecule has 5 heteroatoms. The molecule has 0 unspecified atom stereocenters. The van der Waals surface area contributed by atoms with Crippen LogP contribution in [0.4, 0.5) is 0 Å². The molecule has 0 spiro atoms. The second-order valence-corrected chi connectivity index (χ2v) is 4.49. The Morgan fingerprint density at radius 3 is 2.53 bits per heavy atom. The lowest BCUT2D eigenvalue weighted by Gasteiger charge is -2.04. The summed E-state index contributed by atoms with van der Waals surface area (Å²) in [6.07, 6.45) is 3.19. The Balaban J connectivity index is 3.38. The number of aliphatic imine (C=N–C) groups is 1. The monoisotopic (exact) mass is 219 g/mol. The average molecular weight is 219 g/mol. The van der Waals surface area contributed by atoms with Gasteiger partial charge in [-0.15, -0.1) is 0 Å². The first kappa shape index (κ1) is 11.7. The highest BCUT2D eigenvalue weighted by Gasteiger charge is 2.08. The second kappa shape index (κ2) is 4.44. The first-order chi connectivity index (χ1) is 6.99. The fraction of sp³-hybridized carbons (Fsp3) is 0.100. The largest absolute Gasteiger partial charge is 0.296 e. The minimum absolute atomic E-state index is 0.0747. The van der Waals surface area contributed by atoms with Crippen LogP contribution in [0.5, 0.6) is 0 Å². The molecule has 0 heterocycles. The fourth-order valence-electron chi connectivity index (χ4n) is 1.16. The Kier molecular flexibility index (Phi) is 3.47. The van der Waals surface area contributed by atoms with Crippen molar-refractivity contribution in [3.8, 4) is 0 Å². The predicted octanol–water partition coefficient (Wildman–Crippen LogP) is 1.24. The highest BCUT2D eigenvalue weighted by molar-refractivity contribution is 8.12. The molecule has 1 rings (SSSR count). The van der Waals surface area contributed by atoms with E-state index >= 15 is 0 Å². The van der Waals surface area contributed by atoms with Crippen LogP contribution < -0.4 is 0 Å². The average Bonchev–Trinajstić information content (AvgIpc) is 2.17. The molecular weight excluding hydrogens is 209 g/mol. The Morgan fingerprint density at radius 2 is 2.07 bits per heavy atom. The molecule has 15 heavy (non-hydrogen) atoms. The van der Waals surface area contributed by atoms with Gasteiger partial charge in [0, 0.05) is 13.3 Å². The Bertz CT molecular complexity index is 506. The van der Waals surface area contributed by atoms with Crippen LogP contribution in [0.1, 0.15) is 11.1 Å². The van der Waals surface area contributed by atoms with Crippen molar-refractivity contribution >= 4 is 29.1 Å². The number of rotatable bonds is 3. The molecule has 0 aliphatic heterocycles. The Labute approximate surface area is 90.8 Å². The highest BCUT2D eigenvalue weighted by atomic mass is 32.2. The van der Waals surface area contributed by atoms with Crippen LogP contribution in [-0.2, 0) is 9.69 Å². The molecule has 0 N–H and O–H groups in total. The molecule has 0 saturated heterocycles. The Morgan fingerprint density at radius 1 is 1.40 bits per heavy atom. The van der Waals surface area contributed by atoms with Crippen molar-refractivity contribution in [2.75, 3.05) is 7.05 Å². The third kappa shape index (κ3) is 2.79. The van der Waals surface area contributed by atoms with Crippen LogP contribution in [0.15, 0.2) is 34.7 Å². The van der Waals surface area contributed by atoms with Crippen LogP contribution in [0.2, 0.25) is 0 Å². The third-order valence-corrected chi connectivity index (χ3v) is 2.79. The van der Waals surface area contributed by atoms with E-state index < -0.39 is 9.69 Å². The van der Waals surface area contributed by atoms with E-state index in [2.05, 4.69) is 11.6 Å². The predicted molar refractivity (Wildman–Crippen MR) is 63.0 cm³/mol. The first-order valence-corrected chi connectivity index (χ1v) is 5.75. The van der Waals surface area contributed by atoms with Gasteiger partial charge in [0.05, 0.1) is 4.90 Å². The van der Waals surface area contributed by atoms with E-state index in [1.54, 1.807) is 25.4 Å². The van der Waals surface area contributed by atoms with Gasteiger partial charge in [0.2, 0.25) is 0 Å². The van der Waals surface area contributed by atoms with Crippen molar-refractivity contribution < 1.29 is 8.42 Å². The maximum Gasteiger partial charge on any atom is 0.262 e. The molecule has 0 aromatic heterocycles. The lowest BCUT2D eigenvalue weighted by atomic mass is 10.1. The summed E-state index contributed by atoms with van der Waals surface area (Å²) in [4.78, 5) is 3.93. The third-order valence-electron chi connectivity index (χ3n) is 1.87. The van der Waals surface area contributed by atoms with Crippen LogP contribution >= 0.6 is 0 Å². The standard InChI is InChI=1S/C10H10BNO2S/c1-3-8-6-10(15(11,13)14)5-4-9(8)7-12-2/h3-7H,1H2,2H3. The molecule has 1 aromatic carbocycles. The molecule has 0 atom stereocenters. The van der Waals surface area contributed by atoms with Crippen molar-refractivity contribution in [1.82, 2.24) is 0 Å². The summed E-state index contributed by atoms with van der Waals surface area (Å²) in [6.45, 7) is 3.60. The number of hydrogen-bond donors (Lipinski definition) is 0. The van der Waals surface area contributed by atoms with Gasteiger partial charge in [-0.3, -0.25) is 4.99 Å². The molecule has 0 fully saturated rings. The first-order valence-electron chi connectivity index (χ1n) is 4.20. The summed E-state index contributed by atoms with van der Waals surface area (Å²) in [5.74, 6) is 0. The van der Waals surface area contributed by atoms with E-state index in [1.807, 2.05) is 0 Å². The van der Waals surface area contributed by atoms with Crippen LogP contribution in [-0.4, -0.2) is 28.8 Å². The van der Waals surface area contributed by atoms with Crippen molar-refractivity contribution in [3.05, 3.63) is 35.9 Å². The lowest BCUT2D eigenvalue weighted by Crippen LogP contribution is -2.00. The maximum atomic E-state index is 11.1. The zero-order valence-corrected chi connectivity index (χ0v) is 9.16. The van der Waals surface area contributed by atoms with Gasteiger partial charge in [-0.05, 0) is 23.3 Å². The van der Waals surface area contributed by atoms with Gasteiger partial charge in [0.15, 0.2) is 0 Å². The van der Waals surface area contributed by atoms with Crippen molar-refractivity contribution in [3.63, 3.8) is 0 Å². The minimum atomic E-state index is -3.66. The molecule has 3 nitrogen and oxygen atoms in total.